The van der Waals surface area contributed by atoms with E-state index >= 15 is 0 Å². The third-order valence-electron chi connectivity index (χ3n) is 10.3. The van der Waals surface area contributed by atoms with E-state index in [4.69, 9.17) is 9.47 Å². The van der Waals surface area contributed by atoms with Crippen LogP contribution in [-0.2, 0) is 44.7 Å². The van der Waals surface area contributed by atoms with E-state index in [0.717, 1.165) is 21.7 Å². The van der Waals surface area contributed by atoms with Crippen LogP contribution in [0.15, 0.2) is 71.7 Å². The number of likely N-dealkylation sites (tertiary alicyclic amines) is 1. The number of thiazole rings is 1. The highest BCUT2D eigenvalue weighted by Crippen LogP contribution is 2.39. The van der Waals surface area contributed by atoms with Crippen LogP contribution in [0.3, 0.4) is 0 Å². The second-order valence-electron chi connectivity index (χ2n) is 16.2. The van der Waals surface area contributed by atoms with E-state index in [9.17, 15) is 55.9 Å². The number of aliphatic hydroxyl groups excluding tert-OH is 1. The number of hydrogen-bond acceptors (Lipinski definition) is 10. The van der Waals surface area contributed by atoms with E-state index in [2.05, 4.69) is 20.9 Å². The van der Waals surface area contributed by atoms with Gasteiger partial charge in [0.1, 0.15) is 30.3 Å². The molecule has 13 nitrogen and oxygen atoms in total. The summed E-state index contributed by atoms with van der Waals surface area (Å²) in [6.07, 6.45) is -10.2. The summed E-state index contributed by atoms with van der Waals surface area (Å²) in [6.45, 7) is 6.10. The van der Waals surface area contributed by atoms with Crippen molar-refractivity contribution >= 4 is 41.0 Å². The third-order valence-corrected chi connectivity index (χ3v) is 11.3. The molecule has 1 saturated heterocycles. The van der Waals surface area contributed by atoms with Gasteiger partial charge in [0.05, 0.1) is 40.4 Å². The Morgan fingerprint density at radius 2 is 1.69 bits per heavy atom. The Kier molecular flexibility index (Phi) is 15.7. The van der Waals surface area contributed by atoms with Gasteiger partial charge in [-0.1, -0.05) is 57.2 Å². The van der Waals surface area contributed by atoms with Crippen LogP contribution in [0.25, 0.3) is 16.5 Å². The van der Waals surface area contributed by atoms with Crippen molar-refractivity contribution < 1.29 is 60.1 Å². The van der Waals surface area contributed by atoms with Crippen LogP contribution in [0.2, 0.25) is 0 Å². The lowest BCUT2D eigenvalue weighted by molar-refractivity contribution is -0.144. The fourth-order valence-electron chi connectivity index (χ4n) is 6.90. The summed E-state index contributed by atoms with van der Waals surface area (Å²) in [6, 6.07) is 12.4. The van der Waals surface area contributed by atoms with Crippen LogP contribution < -0.4 is 25.4 Å². The highest BCUT2D eigenvalue weighted by atomic mass is 32.1. The minimum Gasteiger partial charge on any atom is -0.493 e. The van der Waals surface area contributed by atoms with Crippen molar-refractivity contribution in [1.82, 2.24) is 25.8 Å². The van der Waals surface area contributed by atoms with Gasteiger partial charge in [0.25, 0.3) is 5.91 Å². The monoisotopic (exact) mass is 928 g/mol. The average molecular weight is 929 g/mol. The summed E-state index contributed by atoms with van der Waals surface area (Å²) in [4.78, 5) is 60.1. The lowest BCUT2D eigenvalue weighted by atomic mass is 9.85. The number of methoxy groups -OCH3 is 1. The summed E-state index contributed by atoms with van der Waals surface area (Å²) in [5, 5.41) is 28.3. The maximum absolute atomic E-state index is 14.0. The molecule has 0 unspecified atom stereocenters. The first-order valence-electron chi connectivity index (χ1n) is 20.0. The highest BCUT2D eigenvalue weighted by molar-refractivity contribution is 7.13. The molecule has 1 aliphatic rings. The van der Waals surface area contributed by atoms with E-state index in [1.165, 1.54) is 47.6 Å². The van der Waals surface area contributed by atoms with Crippen molar-refractivity contribution in [2.45, 2.75) is 84.2 Å². The number of aliphatic hydroxyl groups is 1. The molecule has 4 aromatic rings. The number of amides is 4. The van der Waals surface area contributed by atoms with E-state index in [1.54, 1.807) is 32.4 Å². The zero-order valence-electron chi connectivity index (χ0n) is 35.8. The van der Waals surface area contributed by atoms with Crippen LogP contribution in [0.4, 0.5) is 26.3 Å². The first-order valence-corrected chi connectivity index (χ1v) is 20.9. The standard InChI is InChI=1S/C45H46F6N6O7S/c1-25-38(65-24-55-25)28-9-6-26(7-10-28)21-54-41(61)34-19-32(58)22-57(34)42(62)39(43(2,3)4)56-37(59)14-15-53-40(60)30(20-52)16-27-8-13-35(36(17-27)63-5)64-23-29-11-12-31(44(46,47)48)18-33(29)45(49,50)51/h6-13,16-18,24,32,34,39,58H,14-15,19,21-23H2,1-5H3,(H,53,60)(H,54,61)(H,56,59)/b30-16+/t32-,34+,39-/m1/s1. The number of aromatic nitrogens is 1. The van der Waals surface area contributed by atoms with Crippen LogP contribution in [-0.4, -0.2) is 77.0 Å². The number of ether oxygens (including phenoxy) is 2. The molecule has 1 fully saturated rings. The Hall–Kier alpha value is -6.46. The first kappa shape index (κ1) is 49.6. The maximum Gasteiger partial charge on any atom is 0.416 e. The number of β-amino-alcohol motifs (C(OH)–C–C–N with tert-alkyl or cyclic N) is 1. The fraction of sp³-hybridized carbons (Fsp3) is 0.378. The summed E-state index contributed by atoms with van der Waals surface area (Å²) in [7, 11) is 1.22. The summed E-state index contributed by atoms with van der Waals surface area (Å²) in [5.74, 6) is -2.66. The quantitative estimate of drug-likeness (QED) is 0.0556. The molecule has 20 heteroatoms. The lowest BCUT2D eigenvalue weighted by Crippen LogP contribution is -2.57. The molecule has 4 amide bonds. The molecule has 3 atom stereocenters. The number of nitrogens with one attached hydrogen (secondary N) is 3. The predicted molar refractivity (Wildman–Crippen MR) is 227 cm³/mol. The number of aryl methyl sites for hydroxylation is 1. The van der Waals surface area contributed by atoms with E-state index in [-0.39, 0.29) is 55.6 Å². The number of nitrogens with zero attached hydrogens (tertiary/aromatic N) is 3. The molecular formula is C45H46F6N6O7S. The largest absolute Gasteiger partial charge is 0.493 e. The van der Waals surface area contributed by atoms with Gasteiger partial charge in [-0.15, -0.1) is 11.3 Å². The number of carbonyl (C=O) groups is 4. The molecule has 4 N–H and O–H groups in total. The maximum atomic E-state index is 14.0. The lowest BCUT2D eigenvalue weighted by Gasteiger charge is -2.35. The molecule has 1 aliphatic heterocycles. The predicted octanol–water partition coefficient (Wildman–Crippen LogP) is 6.97. The molecular weight excluding hydrogens is 883 g/mol. The minimum atomic E-state index is -5.10. The summed E-state index contributed by atoms with van der Waals surface area (Å²) >= 11 is 1.52. The molecule has 346 valence electrons. The number of hydrogen-bond donors (Lipinski definition) is 4. The normalized spacial score (nSPS) is 16.0. The number of carbonyl (C=O) groups excluding carboxylic acids is 4. The zero-order chi connectivity index (χ0) is 47.9. The van der Waals surface area contributed by atoms with Gasteiger partial charge in [-0.05, 0) is 59.4 Å². The minimum absolute atomic E-state index is 0.00287. The van der Waals surface area contributed by atoms with E-state index in [0.29, 0.717) is 12.1 Å². The summed E-state index contributed by atoms with van der Waals surface area (Å²) in [5.41, 5.74) is -0.0875. The van der Waals surface area contributed by atoms with Crippen molar-refractivity contribution in [3.63, 3.8) is 0 Å². The number of alkyl halides is 6. The molecule has 0 saturated carbocycles. The van der Waals surface area contributed by atoms with Crippen LogP contribution in [0.5, 0.6) is 11.5 Å². The Labute approximate surface area is 374 Å². The van der Waals surface area contributed by atoms with Crippen molar-refractivity contribution in [2.24, 2.45) is 5.41 Å². The molecule has 0 aliphatic carbocycles. The first-order chi connectivity index (χ1) is 30.5. The number of nitriles is 1. The molecule has 0 radical (unpaired) electrons. The molecule has 5 rings (SSSR count). The molecule has 2 heterocycles. The molecule has 65 heavy (non-hydrogen) atoms. The third kappa shape index (κ3) is 12.8. The number of rotatable bonds is 15. The van der Waals surface area contributed by atoms with Gasteiger partial charge >= 0.3 is 12.4 Å². The second-order valence-corrected chi connectivity index (χ2v) is 17.0. The Balaban J connectivity index is 1.16. The van der Waals surface area contributed by atoms with Crippen LogP contribution >= 0.6 is 11.3 Å². The van der Waals surface area contributed by atoms with Crippen molar-refractivity contribution in [3.8, 4) is 28.0 Å². The Morgan fingerprint density at radius 3 is 2.29 bits per heavy atom. The second kappa shape index (κ2) is 20.6. The number of halogens is 6. The number of benzene rings is 3. The van der Waals surface area contributed by atoms with Crippen molar-refractivity contribution in [3.05, 3.63) is 105 Å². The van der Waals surface area contributed by atoms with Gasteiger partial charge in [0.2, 0.25) is 17.7 Å². The van der Waals surface area contributed by atoms with Gasteiger partial charge in [0, 0.05) is 38.0 Å². The Morgan fingerprint density at radius 1 is 0.985 bits per heavy atom. The van der Waals surface area contributed by atoms with Gasteiger partial charge < -0.3 is 35.4 Å². The Bertz CT molecular complexity index is 2460. The van der Waals surface area contributed by atoms with Gasteiger partial charge in [-0.25, -0.2) is 4.98 Å². The SMILES string of the molecule is COc1cc(/C=C(\C#N)C(=O)NCCC(=O)N[C@H](C(=O)N2C[C@H](O)C[C@H]2C(=O)NCc2ccc(-c3scnc3C)cc2)C(C)(C)C)ccc1OCc1ccc(C(F)(F)F)cc1C(F)(F)F. The van der Waals surface area contributed by atoms with Crippen LogP contribution in [0.1, 0.15) is 67.1 Å². The van der Waals surface area contributed by atoms with Crippen molar-refractivity contribution in [2.75, 3.05) is 20.2 Å². The van der Waals surface area contributed by atoms with Gasteiger partial charge in [-0.3, -0.25) is 19.2 Å². The summed E-state index contributed by atoms with van der Waals surface area (Å²) < 4.78 is 90.9. The van der Waals surface area contributed by atoms with Crippen molar-refractivity contribution in [1.29, 1.82) is 5.26 Å². The molecule has 0 spiro atoms. The van der Waals surface area contributed by atoms with E-state index < -0.39 is 88.5 Å². The van der Waals surface area contributed by atoms with Crippen LogP contribution in [0, 0.1) is 23.7 Å². The van der Waals surface area contributed by atoms with E-state index in [1.807, 2.05) is 31.2 Å². The zero-order valence-corrected chi connectivity index (χ0v) is 36.6. The molecule has 0 bridgehead atoms. The fourth-order valence-corrected chi connectivity index (χ4v) is 7.72. The van der Waals surface area contributed by atoms with Gasteiger partial charge in [0.15, 0.2) is 11.5 Å². The van der Waals surface area contributed by atoms with Gasteiger partial charge in [-0.2, -0.15) is 31.6 Å². The topological polar surface area (TPSA) is 183 Å². The molecule has 3 aromatic carbocycles. The molecule has 1 aromatic heterocycles. The smallest absolute Gasteiger partial charge is 0.416 e. The average Bonchev–Trinajstić information content (AvgIpc) is 3.86. The highest BCUT2D eigenvalue weighted by Gasteiger charge is 2.44.